The zero-order valence-corrected chi connectivity index (χ0v) is 17.2. The van der Waals surface area contributed by atoms with Gasteiger partial charge in [-0.05, 0) is 63.6 Å². The van der Waals surface area contributed by atoms with Gasteiger partial charge in [0.2, 0.25) is 0 Å². The summed E-state index contributed by atoms with van der Waals surface area (Å²) in [4.78, 5) is 26.8. The van der Waals surface area contributed by atoms with Gasteiger partial charge in [-0.15, -0.1) is 0 Å². The van der Waals surface area contributed by atoms with Crippen LogP contribution >= 0.6 is 11.6 Å². The van der Waals surface area contributed by atoms with Crippen molar-refractivity contribution in [2.45, 2.75) is 38.8 Å². The van der Waals surface area contributed by atoms with E-state index in [4.69, 9.17) is 16.3 Å². The van der Waals surface area contributed by atoms with Gasteiger partial charge in [0.15, 0.2) is 5.78 Å². The fourth-order valence-electron chi connectivity index (χ4n) is 3.34. The Labute approximate surface area is 168 Å². The summed E-state index contributed by atoms with van der Waals surface area (Å²) < 4.78 is 19.1. The molecule has 1 atom stereocenters. The van der Waals surface area contributed by atoms with E-state index in [1.807, 2.05) is 0 Å². The van der Waals surface area contributed by atoms with Crippen LogP contribution in [0.5, 0.6) is 5.75 Å². The second kappa shape index (κ2) is 7.80. The Kier molecular flexibility index (Phi) is 6.04. The number of halogens is 2. The molecule has 2 rings (SSSR count). The molecule has 0 aliphatic heterocycles. The molecule has 2 aromatic rings. The van der Waals surface area contributed by atoms with E-state index in [0.717, 1.165) is 11.0 Å². The van der Waals surface area contributed by atoms with Gasteiger partial charge >= 0.3 is 6.09 Å². The summed E-state index contributed by atoms with van der Waals surface area (Å²) in [6.07, 6.45) is -1.27. The molecule has 0 aliphatic rings. The predicted molar refractivity (Wildman–Crippen MR) is 106 cm³/mol. The molecule has 7 heteroatoms. The molecule has 5 nitrogen and oxygen atoms in total. The molecule has 150 valence electrons. The minimum atomic E-state index is -1.61. The van der Waals surface area contributed by atoms with E-state index in [0.29, 0.717) is 11.3 Å². The number of amides is 1. The van der Waals surface area contributed by atoms with Crippen molar-refractivity contribution in [1.29, 1.82) is 0 Å². The van der Waals surface area contributed by atoms with Gasteiger partial charge in [-0.2, -0.15) is 0 Å². The van der Waals surface area contributed by atoms with Gasteiger partial charge in [-0.3, -0.25) is 9.69 Å². The maximum atomic E-state index is 14.0. The highest BCUT2D eigenvalue weighted by Gasteiger charge is 2.49. The Morgan fingerprint density at radius 1 is 1.07 bits per heavy atom. The normalized spacial score (nSPS) is 13.5. The molecule has 1 amide bonds. The second-order valence-electron chi connectivity index (χ2n) is 7.55. The summed E-state index contributed by atoms with van der Waals surface area (Å²) >= 11 is 5.73. The molecule has 0 aliphatic carbocycles. The zero-order valence-electron chi connectivity index (χ0n) is 16.4. The number of nitrogens with zero attached hydrogens (tertiary/aromatic N) is 1. The van der Waals surface area contributed by atoms with Crippen LogP contribution in [0.2, 0.25) is 5.02 Å². The molecule has 1 N–H and O–H groups in total. The molecule has 0 aromatic heterocycles. The standard InChI is InChI=1S/C21H23ClFNO4/c1-20(2,3)24(19(26)27)21(4,14-7-9-15(28-5)10-8-14)18(25)13-6-11-16(22)17(23)12-13/h6-12H,1-5H3,(H,26,27). The van der Waals surface area contributed by atoms with E-state index >= 15 is 0 Å². The van der Waals surface area contributed by atoms with Crippen LogP contribution in [-0.2, 0) is 5.54 Å². The number of benzene rings is 2. The van der Waals surface area contributed by atoms with Crippen molar-refractivity contribution in [3.8, 4) is 5.75 Å². The van der Waals surface area contributed by atoms with Gasteiger partial charge in [0.1, 0.15) is 17.1 Å². The SMILES string of the molecule is COc1ccc(C(C)(C(=O)c2ccc(Cl)c(F)c2)N(C(=O)O)C(C)(C)C)cc1. The molecule has 0 bridgehead atoms. The highest BCUT2D eigenvalue weighted by Crippen LogP contribution is 2.38. The minimum absolute atomic E-state index is 0.0238. The average molecular weight is 408 g/mol. The maximum absolute atomic E-state index is 14.0. The Balaban J connectivity index is 2.74. The lowest BCUT2D eigenvalue weighted by Crippen LogP contribution is -2.59. The fraction of sp³-hybridized carbons (Fsp3) is 0.333. The topological polar surface area (TPSA) is 66.8 Å². The summed E-state index contributed by atoms with van der Waals surface area (Å²) in [7, 11) is 1.51. The van der Waals surface area contributed by atoms with E-state index in [9.17, 15) is 19.1 Å². The monoisotopic (exact) mass is 407 g/mol. The number of Topliss-reactive ketones (excluding diaryl/α,β-unsaturated/α-hetero) is 1. The van der Waals surface area contributed by atoms with Crippen molar-refractivity contribution in [3.63, 3.8) is 0 Å². The van der Waals surface area contributed by atoms with E-state index in [2.05, 4.69) is 0 Å². The number of carbonyl (C=O) groups excluding carboxylic acids is 1. The van der Waals surface area contributed by atoms with Gasteiger partial charge in [-0.1, -0.05) is 23.7 Å². The number of carbonyl (C=O) groups is 2. The fourth-order valence-corrected chi connectivity index (χ4v) is 3.46. The van der Waals surface area contributed by atoms with Crippen molar-refractivity contribution in [1.82, 2.24) is 4.90 Å². The number of hydrogen-bond donors (Lipinski definition) is 1. The zero-order chi connectivity index (χ0) is 21.3. The van der Waals surface area contributed by atoms with E-state index in [-0.39, 0.29) is 10.6 Å². The van der Waals surface area contributed by atoms with Crippen LogP contribution in [0.15, 0.2) is 42.5 Å². The smallest absolute Gasteiger partial charge is 0.408 e. The number of rotatable bonds is 5. The maximum Gasteiger partial charge on any atom is 0.408 e. The molecule has 0 spiro atoms. The molecule has 0 heterocycles. The lowest BCUT2D eigenvalue weighted by atomic mass is 9.80. The quantitative estimate of drug-likeness (QED) is 0.677. The second-order valence-corrected chi connectivity index (χ2v) is 7.95. The summed E-state index contributed by atoms with van der Waals surface area (Å²) in [6.45, 7) is 6.60. The molecule has 28 heavy (non-hydrogen) atoms. The first-order valence-electron chi connectivity index (χ1n) is 8.60. The molecular weight excluding hydrogens is 385 g/mol. The van der Waals surface area contributed by atoms with Crippen LogP contribution in [0.3, 0.4) is 0 Å². The van der Waals surface area contributed by atoms with Gasteiger partial charge in [0.05, 0.1) is 12.1 Å². The molecular formula is C21H23ClFNO4. The third-order valence-corrected chi connectivity index (χ3v) is 4.89. The van der Waals surface area contributed by atoms with E-state index in [1.165, 1.54) is 26.2 Å². The Morgan fingerprint density at radius 3 is 2.07 bits per heavy atom. The van der Waals surface area contributed by atoms with Gasteiger partial charge < -0.3 is 9.84 Å². The van der Waals surface area contributed by atoms with Crippen LogP contribution in [0.4, 0.5) is 9.18 Å². The third kappa shape index (κ3) is 3.97. The average Bonchev–Trinajstić information content (AvgIpc) is 2.61. The number of ether oxygens (including phenoxy) is 1. The summed E-state index contributed by atoms with van der Waals surface area (Å²) in [5.74, 6) is -0.749. The minimum Gasteiger partial charge on any atom is -0.497 e. The molecule has 2 aromatic carbocycles. The van der Waals surface area contributed by atoms with Gasteiger partial charge in [0.25, 0.3) is 0 Å². The lowest BCUT2D eigenvalue weighted by molar-refractivity contribution is 0.0214. The van der Waals surface area contributed by atoms with Crippen molar-refractivity contribution in [3.05, 3.63) is 64.4 Å². The lowest BCUT2D eigenvalue weighted by Gasteiger charge is -2.46. The van der Waals surface area contributed by atoms with E-state index < -0.39 is 28.8 Å². The van der Waals surface area contributed by atoms with Crippen LogP contribution in [0.1, 0.15) is 43.6 Å². The van der Waals surface area contributed by atoms with Crippen LogP contribution in [0.25, 0.3) is 0 Å². The largest absolute Gasteiger partial charge is 0.497 e. The summed E-state index contributed by atoms with van der Waals surface area (Å²) in [5.41, 5.74) is -2.07. The number of ketones is 1. The summed E-state index contributed by atoms with van der Waals surface area (Å²) in [6, 6.07) is 10.2. The first-order valence-corrected chi connectivity index (χ1v) is 8.98. The Hall–Kier alpha value is -2.60. The molecule has 0 radical (unpaired) electrons. The summed E-state index contributed by atoms with van der Waals surface area (Å²) in [5, 5.41) is 9.84. The van der Waals surface area contributed by atoms with Crippen LogP contribution in [0, 0.1) is 5.82 Å². The number of carboxylic acid groups (broad SMARTS) is 1. The molecule has 0 fully saturated rings. The van der Waals surface area contributed by atoms with Crippen molar-refractivity contribution in [2.75, 3.05) is 7.11 Å². The van der Waals surface area contributed by atoms with Crippen molar-refractivity contribution >= 4 is 23.5 Å². The van der Waals surface area contributed by atoms with Gasteiger partial charge in [-0.25, -0.2) is 9.18 Å². The third-order valence-electron chi connectivity index (χ3n) is 4.59. The Bertz CT molecular complexity index is 892. The molecule has 0 saturated heterocycles. The first-order chi connectivity index (χ1) is 12.9. The highest BCUT2D eigenvalue weighted by molar-refractivity contribution is 6.30. The number of hydrogen-bond acceptors (Lipinski definition) is 3. The van der Waals surface area contributed by atoms with Crippen LogP contribution in [-0.4, -0.2) is 34.5 Å². The van der Waals surface area contributed by atoms with Crippen molar-refractivity contribution in [2.24, 2.45) is 0 Å². The predicted octanol–water partition coefficient (Wildman–Crippen LogP) is 5.36. The van der Waals surface area contributed by atoms with E-state index in [1.54, 1.807) is 45.0 Å². The Morgan fingerprint density at radius 2 is 1.64 bits per heavy atom. The van der Waals surface area contributed by atoms with Crippen LogP contribution < -0.4 is 4.74 Å². The van der Waals surface area contributed by atoms with Crippen molar-refractivity contribution < 1.29 is 23.8 Å². The first kappa shape index (κ1) is 21.7. The molecule has 0 saturated carbocycles. The molecule has 1 unspecified atom stereocenters. The number of methoxy groups -OCH3 is 1. The highest BCUT2D eigenvalue weighted by atomic mass is 35.5. The van der Waals surface area contributed by atoms with Gasteiger partial charge in [0, 0.05) is 11.1 Å².